The average Bonchev–Trinajstić information content (AvgIpc) is 3.01. The summed E-state index contributed by atoms with van der Waals surface area (Å²) in [6.07, 6.45) is 6.29. The van der Waals surface area contributed by atoms with Gasteiger partial charge in [-0.3, -0.25) is 9.59 Å². The van der Waals surface area contributed by atoms with Crippen LogP contribution in [0.15, 0.2) is 0 Å². The van der Waals surface area contributed by atoms with E-state index in [1.807, 2.05) is 4.90 Å². The van der Waals surface area contributed by atoms with Crippen LogP contribution in [0.3, 0.4) is 0 Å². The molecule has 1 saturated carbocycles. The van der Waals surface area contributed by atoms with Crippen LogP contribution in [-0.4, -0.2) is 55.2 Å². The molecule has 3 atom stereocenters. The highest BCUT2D eigenvalue weighted by Crippen LogP contribution is 2.52. The fraction of sp³-hybridized carbons (Fsp3) is 0.875. The molecule has 22 heavy (non-hydrogen) atoms. The van der Waals surface area contributed by atoms with Crippen molar-refractivity contribution in [3.05, 3.63) is 0 Å². The molecule has 0 radical (unpaired) electrons. The maximum atomic E-state index is 12.9. The standard InChI is InChI=1S/C16H27N3O3/c1-11-16(6-3-4-7-16)9-14-19(11)15(21)12(5-8-22-14)18-13(20)10-17-2/h11-12,14,17H,3-10H2,1-2H3,(H,18,20). The highest BCUT2D eigenvalue weighted by molar-refractivity contribution is 5.89. The Morgan fingerprint density at radius 2 is 2.14 bits per heavy atom. The molecule has 3 unspecified atom stereocenters. The second-order valence-corrected chi connectivity index (χ2v) is 6.96. The van der Waals surface area contributed by atoms with Gasteiger partial charge in [-0.15, -0.1) is 0 Å². The lowest BCUT2D eigenvalue weighted by Crippen LogP contribution is -2.52. The van der Waals surface area contributed by atoms with Crippen LogP contribution >= 0.6 is 0 Å². The molecule has 6 heteroatoms. The van der Waals surface area contributed by atoms with E-state index in [0.717, 1.165) is 6.42 Å². The Morgan fingerprint density at radius 3 is 2.82 bits per heavy atom. The zero-order valence-corrected chi connectivity index (χ0v) is 13.6. The molecule has 2 saturated heterocycles. The van der Waals surface area contributed by atoms with Gasteiger partial charge in [0.15, 0.2) is 0 Å². The van der Waals surface area contributed by atoms with Crippen molar-refractivity contribution in [3.8, 4) is 0 Å². The smallest absolute Gasteiger partial charge is 0.247 e. The summed E-state index contributed by atoms with van der Waals surface area (Å²) in [6, 6.07) is -0.251. The molecule has 2 heterocycles. The molecule has 0 aromatic rings. The van der Waals surface area contributed by atoms with Crippen LogP contribution in [0.1, 0.15) is 45.4 Å². The maximum absolute atomic E-state index is 12.9. The van der Waals surface area contributed by atoms with E-state index in [0.29, 0.717) is 13.0 Å². The molecule has 0 bridgehead atoms. The zero-order chi connectivity index (χ0) is 15.7. The van der Waals surface area contributed by atoms with Gasteiger partial charge in [-0.25, -0.2) is 0 Å². The molecule has 1 aliphatic carbocycles. The molecular weight excluding hydrogens is 282 g/mol. The first-order chi connectivity index (χ1) is 10.6. The number of rotatable bonds is 3. The molecule has 2 N–H and O–H groups in total. The summed E-state index contributed by atoms with van der Waals surface area (Å²) in [7, 11) is 1.72. The van der Waals surface area contributed by atoms with E-state index in [-0.39, 0.29) is 36.0 Å². The van der Waals surface area contributed by atoms with Crippen LogP contribution in [0, 0.1) is 5.41 Å². The molecule has 2 aliphatic heterocycles. The number of ether oxygens (including phenoxy) is 1. The highest BCUT2D eigenvalue weighted by atomic mass is 16.5. The van der Waals surface area contributed by atoms with Gasteiger partial charge >= 0.3 is 0 Å². The quantitative estimate of drug-likeness (QED) is 0.802. The minimum absolute atomic E-state index is 0.0308. The minimum atomic E-state index is -0.454. The van der Waals surface area contributed by atoms with Gasteiger partial charge in [0.25, 0.3) is 0 Å². The van der Waals surface area contributed by atoms with E-state index >= 15 is 0 Å². The third-order valence-electron chi connectivity index (χ3n) is 5.74. The van der Waals surface area contributed by atoms with Crippen LogP contribution < -0.4 is 10.6 Å². The van der Waals surface area contributed by atoms with Crippen LogP contribution in [0.25, 0.3) is 0 Å². The molecule has 1 spiro atoms. The molecule has 124 valence electrons. The number of likely N-dealkylation sites (N-methyl/N-ethyl adjacent to an activating group) is 1. The number of amides is 2. The lowest BCUT2D eigenvalue weighted by Gasteiger charge is -2.33. The second kappa shape index (κ2) is 6.16. The van der Waals surface area contributed by atoms with E-state index < -0.39 is 6.04 Å². The van der Waals surface area contributed by atoms with Gasteiger partial charge < -0.3 is 20.3 Å². The van der Waals surface area contributed by atoms with Crippen molar-refractivity contribution in [1.82, 2.24) is 15.5 Å². The molecule has 3 aliphatic rings. The van der Waals surface area contributed by atoms with Crippen LogP contribution in [-0.2, 0) is 14.3 Å². The van der Waals surface area contributed by atoms with E-state index in [9.17, 15) is 9.59 Å². The van der Waals surface area contributed by atoms with Gasteiger partial charge in [-0.05, 0) is 38.6 Å². The van der Waals surface area contributed by atoms with Gasteiger partial charge in [0, 0.05) is 12.5 Å². The lowest BCUT2D eigenvalue weighted by atomic mass is 9.79. The Bertz CT molecular complexity index is 448. The van der Waals surface area contributed by atoms with Crippen LogP contribution in [0.4, 0.5) is 0 Å². The van der Waals surface area contributed by atoms with Gasteiger partial charge in [-0.1, -0.05) is 12.8 Å². The summed E-state index contributed by atoms with van der Waals surface area (Å²) in [6.45, 7) is 2.91. The summed E-state index contributed by atoms with van der Waals surface area (Å²) in [5.41, 5.74) is 0.233. The van der Waals surface area contributed by atoms with Crippen LogP contribution in [0.5, 0.6) is 0 Å². The van der Waals surface area contributed by atoms with Gasteiger partial charge in [-0.2, -0.15) is 0 Å². The van der Waals surface area contributed by atoms with Crippen molar-refractivity contribution in [2.24, 2.45) is 5.41 Å². The Hall–Kier alpha value is -1.14. The normalized spacial score (nSPS) is 33.8. The largest absolute Gasteiger partial charge is 0.358 e. The highest BCUT2D eigenvalue weighted by Gasteiger charge is 2.54. The Balaban J connectivity index is 1.75. The number of hydrogen-bond acceptors (Lipinski definition) is 4. The molecule has 0 aromatic carbocycles. The Kier molecular flexibility index (Phi) is 4.41. The Labute approximate surface area is 131 Å². The maximum Gasteiger partial charge on any atom is 0.247 e. The van der Waals surface area contributed by atoms with E-state index in [4.69, 9.17) is 4.74 Å². The number of hydrogen-bond donors (Lipinski definition) is 2. The fourth-order valence-corrected chi connectivity index (χ4v) is 4.50. The molecule has 6 nitrogen and oxygen atoms in total. The summed E-state index contributed by atoms with van der Waals surface area (Å²) in [4.78, 5) is 26.7. The number of nitrogens with one attached hydrogen (secondary N) is 2. The van der Waals surface area contributed by atoms with Crippen molar-refractivity contribution in [2.45, 2.75) is 63.8 Å². The zero-order valence-electron chi connectivity index (χ0n) is 13.6. The van der Waals surface area contributed by atoms with E-state index in [1.54, 1.807) is 7.05 Å². The second-order valence-electron chi connectivity index (χ2n) is 6.96. The summed E-state index contributed by atoms with van der Waals surface area (Å²) in [5, 5.41) is 5.66. The lowest BCUT2D eigenvalue weighted by molar-refractivity contribution is -0.143. The predicted octanol–water partition coefficient (Wildman–Crippen LogP) is 0.618. The SMILES string of the molecule is CNCC(=O)NC1CCOC2CC3(CCCC3)C(C)N2C1=O. The minimum Gasteiger partial charge on any atom is -0.358 e. The van der Waals surface area contributed by atoms with Gasteiger partial charge in [0.1, 0.15) is 12.3 Å². The Morgan fingerprint density at radius 1 is 1.41 bits per heavy atom. The summed E-state index contributed by atoms with van der Waals surface area (Å²) < 4.78 is 5.96. The van der Waals surface area contributed by atoms with Crippen molar-refractivity contribution >= 4 is 11.8 Å². The number of fused-ring (bicyclic) bond motifs is 1. The summed E-state index contributed by atoms with van der Waals surface area (Å²) >= 11 is 0. The molecule has 3 fully saturated rings. The fourth-order valence-electron chi connectivity index (χ4n) is 4.50. The van der Waals surface area contributed by atoms with Crippen molar-refractivity contribution in [3.63, 3.8) is 0 Å². The van der Waals surface area contributed by atoms with E-state index in [1.165, 1.54) is 25.7 Å². The van der Waals surface area contributed by atoms with E-state index in [2.05, 4.69) is 17.6 Å². The number of nitrogens with zero attached hydrogens (tertiary/aromatic N) is 1. The predicted molar refractivity (Wildman–Crippen MR) is 82.0 cm³/mol. The number of carbonyl (C=O) groups excluding carboxylic acids is 2. The average molecular weight is 309 g/mol. The molecular formula is C16H27N3O3. The topological polar surface area (TPSA) is 70.7 Å². The van der Waals surface area contributed by atoms with Gasteiger partial charge in [0.05, 0.1) is 13.2 Å². The van der Waals surface area contributed by atoms with Crippen molar-refractivity contribution < 1.29 is 14.3 Å². The van der Waals surface area contributed by atoms with Gasteiger partial charge in [0.2, 0.25) is 11.8 Å². The monoisotopic (exact) mass is 309 g/mol. The number of carbonyl (C=O) groups is 2. The first-order valence-electron chi connectivity index (χ1n) is 8.45. The molecule has 3 rings (SSSR count). The first kappa shape index (κ1) is 15.7. The van der Waals surface area contributed by atoms with Crippen molar-refractivity contribution in [1.29, 1.82) is 0 Å². The third kappa shape index (κ3) is 2.63. The third-order valence-corrected chi connectivity index (χ3v) is 5.74. The van der Waals surface area contributed by atoms with Crippen LogP contribution in [0.2, 0.25) is 0 Å². The molecule has 2 amide bonds. The van der Waals surface area contributed by atoms with Crippen molar-refractivity contribution in [2.75, 3.05) is 20.2 Å². The summed E-state index contributed by atoms with van der Waals surface area (Å²) in [5.74, 6) is -0.107. The first-order valence-corrected chi connectivity index (χ1v) is 8.45. The molecule has 0 aromatic heterocycles.